The summed E-state index contributed by atoms with van der Waals surface area (Å²) in [5.74, 6) is 1.05. The fourth-order valence-corrected chi connectivity index (χ4v) is 3.39. The summed E-state index contributed by atoms with van der Waals surface area (Å²) < 4.78 is 16.9. The number of Topliss-reactive ketones (excluding diaryl/α,β-unsaturated/α-hetero) is 1. The Balaban J connectivity index is 1.92. The van der Waals surface area contributed by atoms with Gasteiger partial charge in [-0.2, -0.15) is 5.26 Å². The van der Waals surface area contributed by atoms with Crippen LogP contribution in [0, 0.1) is 11.3 Å². The van der Waals surface area contributed by atoms with Crippen molar-refractivity contribution in [3.63, 3.8) is 0 Å². The zero-order valence-electron chi connectivity index (χ0n) is 16.0. The molecule has 146 valence electrons. The molecule has 0 spiro atoms. The van der Waals surface area contributed by atoms with Gasteiger partial charge in [0.05, 0.1) is 19.1 Å². The molecule has 29 heavy (non-hydrogen) atoms. The Bertz CT molecular complexity index is 1030. The molecule has 0 bridgehead atoms. The lowest BCUT2D eigenvalue weighted by Crippen LogP contribution is -2.01. The summed E-state index contributed by atoms with van der Waals surface area (Å²) in [4.78, 5) is 13.0. The van der Waals surface area contributed by atoms with Crippen molar-refractivity contribution in [2.24, 2.45) is 0 Å². The maximum absolute atomic E-state index is 12.5. The average molecular weight is 405 g/mol. The summed E-state index contributed by atoms with van der Waals surface area (Å²) >= 11 is 1.30. The van der Waals surface area contributed by atoms with Crippen molar-refractivity contribution < 1.29 is 19.0 Å². The second kappa shape index (κ2) is 9.58. The number of nitriles is 1. The van der Waals surface area contributed by atoms with Gasteiger partial charge in [0, 0.05) is 0 Å². The standard InChI is InChI=1S/C23H19NO4S/c1-26-19-12-17(11-18(14-24)22(25)21-9-6-10-29-21)13-20(27-2)23(19)28-15-16-7-4-3-5-8-16/h3-13H,15H2,1-2H3/b18-11+. The average Bonchev–Trinajstić information content (AvgIpc) is 3.31. The van der Waals surface area contributed by atoms with E-state index >= 15 is 0 Å². The first-order chi connectivity index (χ1) is 14.2. The second-order valence-electron chi connectivity index (χ2n) is 6.01. The normalized spacial score (nSPS) is 10.9. The molecule has 0 radical (unpaired) electrons. The van der Waals surface area contributed by atoms with E-state index in [1.54, 1.807) is 29.6 Å². The van der Waals surface area contributed by atoms with E-state index in [1.807, 2.05) is 36.4 Å². The number of thiophene rings is 1. The molecule has 0 saturated heterocycles. The number of methoxy groups -OCH3 is 2. The Hall–Kier alpha value is -3.56. The summed E-state index contributed by atoms with van der Waals surface area (Å²) in [6, 6.07) is 18.6. The van der Waals surface area contributed by atoms with Crippen molar-refractivity contribution in [2.45, 2.75) is 6.61 Å². The minimum atomic E-state index is -0.315. The van der Waals surface area contributed by atoms with Gasteiger partial charge in [0.1, 0.15) is 18.2 Å². The number of hydrogen-bond donors (Lipinski definition) is 0. The Morgan fingerprint density at radius 2 is 1.76 bits per heavy atom. The lowest BCUT2D eigenvalue weighted by atomic mass is 10.1. The lowest BCUT2D eigenvalue weighted by Gasteiger charge is -2.15. The van der Waals surface area contributed by atoms with E-state index in [0.29, 0.717) is 34.3 Å². The maximum atomic E-state index is 12.5. The minimum Gasteiger partial charge on any atom is -0.493 e. The quantitative estimate of drug-likeness (QED) is 0.295. The van der Waals surface area contributed by atoms with Crippen LogP contribution in [0.25, 0.3) is 6.08 Å². The molecule has 0 aliphatic carbocycles. The van der Waals surface area contributed by atoms with Gasteiger partial charge in [-0.3, -0.25) is 4.79 Å². The molecule has 1 heterocycles. The van der Waals surface area contributed by atoms with Crippen LogP contribution in [0.15, 0.2) is 65.6 Å². The predicted molar refractivity (Wildman–Crippen MR) is 113 cm³/mol. The molecule has 0 N–H and O–H groups in total. The summed E-state index contributed by atoms with van der Waals surface area (Å²) in [7, 11) is 3.05. The Kier molecular flexibility index (Phi) is 6.67. The van der Waals surface area contributed by atoms with Crippen molar-refractivity contribution in [3.8, 4) is 23.3 Å². The van der Waals surface area contributed by atoms with E-state index in [9.17, 15) is 10.1 Å². The molecular formula is C23H19NO4S. The van der Waals surface area contributed by atoms with Crippen LogP contribution in [0.2, 0.25) is 0 Å². The van der Waals surface area contributed by atoms with Crippen LogP contribution < -0.4 is 14.2 Å². The number of hydrogen-bond acceptors (Lipinski definition) is 6. The van der Waals surface area contributed by atoms with Crippen LogP contribution >= 0.6 is 11.3 Å². The third-order valence-electron chi connectivity index (χ3n) is 4.13. The molecule has 0 fully saturated rings. The van der Waals surface area contributed by atoms with Gasteiger partial charge >= 0.3 is 0 Å². The zero-order chi connectivity index (χ0) is 20.6. The molecule has 6 heteroatoms. The van der Waals surface area contributed by atoms with E-state index in [4.69, 9.17) is 14.2 Å². The smallest absolute Gasteiger partial charge is 0.213 e. The first kappa shape index (κ1) is 20.2. The number of rotatable bonds is 8. The van der Waals surface area contributed by atoms with E-state index < -0.39 is 0 Å². The molecule has 3 rings (SSSR count). The molecule has 0 atom stereocenters. The van der Waals surface area contributed by atoms with Crippen LogP contribution in [0.5, 0.6) is 17.2 Å². The molecule has 5 nitrogen and oxygen atoms in total. The van der Waals surface area contributed by atoms with Crippen molar-refractivity contribution in [1.29, 1.82) is 5.26 Å². The number of ketones is 1. The third-order valence-corrected chi connectivity index (χ3v) is 5.00. The van der Waals surface area contributed by atoms with Crippen LogP contribution in [0.1, 0.15) is 20.8 Å². The van der Waals surface area contributed by atoms with Crippen LogP contribution in [-0.4, -0.2) is 20.0 Å². The molecule has 0 unspecified atom stereocenters. The highest BCUT2D eigenvalue weighted by Crippen LogP contribution is 2.39. The predicted octanol–water partition coefficient (Wildman–Crippen LogP) is 5.13. The van der Waals surface area contributed by atoms with Gasteiger partial charge in [0.15, 0.2) is 11.5 Å². The number of nitrogens with zero attached hydrogens (tertiary/aromatic N) is 1. The SMILES string of the molecule is COc1cc(/C=C(\C#N)C(=O)c2cccs2)cc(OC)c1OCc1ccccc1. The third kappa shape index (κ3) is 4.84. The first-order valence-electron chi connectivity index (χ1n) is 8.79. The molecule has 3 aromatic rings. The van der Waals surface area contributed by atoms with Gasteiger partial charge in [0.2, 0.25) is 11.5 Å². The Morgan fingerprint density at radius 1 is 1.07 bits per heavy atom. The molecule has 0 saturated carbocycles. The van der Waals surface area contributed by atoms with Gasteiger partial charge < -0.3 is 14.2 Å². The van der Waals surface area contributed by atoms with Crippen molar-refractivity contribution in [3.05, 3.63) is 81.6 Å². The molecule has 2 aromatic carbocycles. The van der Waals surface area contributed by atoms with Gasteiger partial charge in [-0.25, -0.2) is 0 Å². The molecular weight excluding hydrogens is 386 g/mol. The Labute approximate surface area is 173 Å². The summed E-state index contributed by atoms with van der Waals surface area (Å²) in [5.41, 5.74) is 1.65. The fraction of sp³-hybridized carbons (Fsp3) is 0.130. The van der Waals surface area contributed by atoms with E-state index in [2.05, 4.69) is 0 Å². The fourth-order valence-electron chi connectivity index (χ4n) is 2.71. The van der Waals surface area contributed by atoms with Gasteiger partial charge in [-0.15, -0.1) is 11.3 Å². The van der Waals surface area contributed by atoms with Crippen molar-refractivity contribution in [2.75, 3.05) is 14.2 Å². The number of allylic oxidation sites excluding steroid dienone is 1. The monoisotopic (exact) mass is 405 g/mol. The number of carbonyl (C=O) groups is 1. The van der Waals surface area contributed by atoms with Crippen LogP contribution in [-0.2, 0) is 6.61 Å². The first-order valence-corrected chi connectivity index (χ1v) is 9.67. The van der Waals surface area contributed by atoms with Crippen molar-refractivity contribution >= 4 is 23.2 Å². The van der Waals surface area contributed by atoms with Crippen molar-refractivity contribution in [1.82, 2.24) is 0 Å². The lowest BCUT2D eigenvalue weighted by molar-refractivity contribution is 0.104. The topological polar surface area (TPSA) is 68.5 Å². The van der Waals surface area contributed by atoms with E-state index in [1.165, 1.54) is 31.6 Å². The summed E-state index contributed by atoms with van der Waals surface area (Å²) in [6.07, 6.45) is 1.52. The molecule has 0 amide bonds. The molecule has 0 aliphatic heterocycles. The van der Waals surface area contributed by atoms with E-state index in [-0.39, 0.29) is 11.4 Å². The van der Waals surface area contributed by atoms with Gasteiger partial charge in [0.25, 0.3) is 0 Å². The molecule has 1 aromatic heterocycles. The highest BCUT2D eigenvalue weighted by atomic mass is 32.1. The van der Waals surface area contributed by atoms with E-state index in [0.717, 1.165) is 5.56 Å². The second-order valence-corrected chi connectivity index (χ2v) is 6.95. The maximum Gasteiger partial charge on any atom is 0.213 e. The number of ether oxygens (including phenoxy) is 3. The highest BCUT2D eigenvalue weighted by Gasteiger charge is 2.17. The van der Waals surface area contributed by atoms with Gasteiger partial charge in [-0.05, 0) is 40.8 Å². The number of benzene rings is 2. The zero-order valence-corrected chi connectivity index (χ0v) is 16.9. The minimum absolute atomic E-state index is 0.0366. The van der Waals surface area contributed by atoms with Gasteiger partial charge in [-0.1, -0.05) is 36.4 Å². The highest BCUT2D eigenvalue weighted by molar-refractivity contribution is 7.12. The summed E-state index contributed by atoms with van der Waals surface area (Å²) in [5, 5.41) is 11.3. The van der Waals surface area contributed by atoms with Crippen LogP contribution in [0.3, 0.4) is 0 Å². The Morgan fingerprint density at radius 3 is 2.31 bits per heavy atom. The van der Waals surface area contributed by atoms with Crippen LogP contribution in [0.4, 0.5) is 0 Å². The largest absolute Gasteiger partial charge is 0.493 e. The summed E-state index contributed by atoms with van der Waals surface area (Å²) in [6.45, 7) is 0.350. The molecule has 0 aliphatic rings. The number of carbonyl (C=O) groups excluding carboxylic acids is 1.